The van der Waals surface area contributed by atoms with E-state index in [1.54, 1.807) is 23.1 Å². The maximum atomic E-state index is 13.7. The number of likely N-dealkylation sites (N-methyl/N-ethyl adjacent to an activating group) is 1. The molecule has 0 heterocycles. The first-order valence-corrected chi connectivity index (χ1v) is 14.0. The van der Waals surface area contributed by atoms with Crippen LogP contribution in [0.15, 0.2) is 71.2 Å². The number of benzene rings is 3. The van der Waals surface area contributed by atoms with Crippen molar-refractivity contribution in [1.29, 1.82) is 0 Å². The van der Waals surface area contributed by atoms with Gasteiger partial charge in [0.05, 0.1) is 14.5 Å². The highest BCUT2D eigenvalue weighted by molar-refractivity contribution is 9.10. The second-order valence-electron chi connectivity index (χ2n) is 10.1. The van der Waals surface area contributed by atoms with Crippen LogP contribution in [0.25, 0.3) is 0 Å². The Bertz CT molecular complexity index is 1260. The largest absolute Gasteiger partial charge is 0.483 e. The molecule has 0 saturated heterocycles. The molecule has 5 nitrogen and oxygen atoms in total. The summed E-state index contributed by atoms with van der Waals surface area (Å²) in [5, 5.41) is 3.69. The fourth-order valence-electron chi connectivity index (χ4n) is 3.99. The van der Waals surface area contributed by atoms with Crippen LogP contribution in [-0.2, 0) is 28.0 Å². The molecule has 0 spiro atoms. The van der Waals surface area contributed by atoms with E-state index in [1.165, 1.54) is 0 Å². The van der Waals surface area contributed by atoms with Crippen molar-refractivity contribution in [2.45, 2.75) is 52.1 Å². The van der Waals surface area contributed by atoms with Gasteiger partial charge in [0.15, 0.2) is 6.61 Å². The Labute approximate surface area is 243 Å². The Kier molecular flexibility index (Phi) is 10.7. The van der Waals surface area contributed by atoms with E-state index in [0.717, 1.165) is 21.2 Å². The topological polar surface area (TPSA) is 58.6 Å². The summed E-state index contributed by atoms with van der Waals surface area (Å²) in [4.78, 5) is 28.5. The first kappa shape index (κ1) is 30.0. The molecule has 0 aromatic heterocycles. The summed E-state index contributed by atoms with van der Waals surface area (Å²) in [5.41, 5.74) is 2.82. The lowest BCUT2D eigenvalue weighted by molar-refractivity contribution is -0.142. The Morgan fingerprint density at radius 1 is 0.974 bits per heavy atom. The van der Waals surface area contributed by atoms with Crippen LogP contribution in [0, 0.1) is 0 Å². The number of rotatable bonds is 10. The molecule has 0 radical (unpaired) electrons. The van der Waals surface area contributed by atoms with Crippen molar-refractivity contribution in [1.82, 2.24) is 10.2 Å². The summed E-state index contributed by atoms with van der Waals surface area (Å²) in [6, 6.07) is 19.9. The van der Waals surface area contributed by atoms with Crippen LogP contribution in [0.4, 0.5) is 0 Å². The molecule has 3 aromatic carbocycles. The van der Waals surface area contributed by atoms with E-state index < -0.39 is 6.04 Å². The number of nitrogens with one attached hydrogen (secondary N) is 1. The molecule has 2 amide bonds. The fraction of sp³-hybridized carbons (Fsp3) is 0.333. The zero-order chi connectivity index (χ0) is 27.9. The van der Waals surface area contributed by atoms with Crippen LogP contribution in [-0.4, -0.2) is 35.9 Å². The molecule has 3 aromatic rings. The van der Waals surface area contributed by atoms with Crippen molar-refractivity contribution in [3.63, 3.8) is 0 Å². The zero-order valence-corrected chi connectivity index (χ0v) is 25.2. The van der Waals surface area contributed by atoms with Gasteiger partial charge in [-0.3, -0.25) is 9.59 Å². The van der Waals surface area contributed by atoms with Gasteiger partial charge in [-0.1, -0.05) is 86.4 Å². The third-order valence-corrected chi connectivity index (χ3v) is 7.47. The lowest BCUT2D eigenvalue weighted by Gasteiger charge is -2.31. The lowest BCUT2D eigenvalue weighted by Crippen LogP contribution is -2.51. The Hall–Kier alpha value is -2.54. The second kappa shape index (κ2) is 13.5. The molecular weight excluding hydrogens is 587 g/mol. The highest BCUT2D eigenvalue weighted by Gasteiger charge is 2.30. The van der Waals surface area contributed by atoms with Crippen molar-refractivity contribution >= 4 is 50.9 Å². The third-order valence-electron chi connectivity index (χ3n) is 6.11. The van der Waals surface area contributed by atoms with Crippen molar-refractivity contribution in [3.8, 4) is 5.75 Å². The maximum Gasteiger partial charge on any atom is 0.261 e. The van der Waals surface area contributed by atoms with Gasteiger partial charge in [0.2, 0.25) is 5.91 Å². The van der Waals surface area contributed by atoms with Gasteiger partial charge < -0.3 is 15.0 Å². The average molecular weight is 620 g/mol. The van der Waals surface area contributed by atoms with Crippen molar-refractivity contribution in [2.75, 3.05) is 13.2 Å². The predicted molar refractivity (Wildman–Crippen MR) is 158 cm³/mol. The van der Waals surface area contributed by atoms with Crippen LogP contribution < -0.4 is 10.1 Å². The summed E-state index contributed by atoms with van der Waals surface area (Å²) in [5.74, 6) is -0.00557. The molecule has 0 saturated carbocycles. The molecule has 0 aliphatic heterocycles. The van der Waals surface area contributed by atoms with Gasteiger partial charge >= 0.3 is 0 Å². The molecule has 1 N–H and O–H groups in total. The van der Waals surface area contributed by atoms with Crippen molar-refractivity contribution in [3.05, 3.63) is 97.9 Å². The molecule has 1 atom stereocenters. The zero-order valence-electron chi connectivity index (χ0n) is 22.1. The molecule has 0 aliphatic carbocycles. The number of carbonyl (C=O) groups excluding carboxylic acids is 2. The highest BCUT2D eigenvalue weighted by Crippen LogP contribution is 2.32. The Morgan fingerprint density at radius 3 is 2.29 bits per heavy atom. The van der Waals surface area contributed by atoms with Gasteiger partial charge in [0, 0.05) is 19.5 Å². The molecule has 0 fully saturated rings. The minimum absolute atomic E-state index is 0.0230. The SMILES string of the molecule is CCNC(=O)[C@@H](Cc1ccccc1)N(Cc1ccc(Cl)c(Cl)c1)C(=O)COc1ccc(C(C)(C)C)cc1Br. The van der Waals surface area contributed by atoms with E-state index in [1.807, 2.05) is 55.5 Å². The van der Waals surface area contributed by atoms with Gasteiger partial charge in [-0.15, -0.1) is 0 Å². The highest BCUT2D eigenvalue weighted by atomic mass is 79.9. The minimum atomic E-state index is -0.755. The second-order valence-corrected chi connectivity index (χ2v) is 11.7. The van der Waals surface area contributed by atoms with Crippen LogP contribution in [0.2, 0.25) is 10.0 Å². The number of amides is 2. The van der Waals surface area contributed by atoms with Gasteiger partial charge in [-0.25, -0.2) is 0 Å². The Morgan fingerprint density at radius 2 is 1.68 bits per heavy atom. The maximum absolute atomic E-state index is 13.7. The summed E-state index contributed by atoms with van der Waals surface area (Å²) >= 11 is 15.9. The molecule has 38 heavy (non-hydrogen) atoms. The van der Waals surface area contributed by atoms with Gasteiger partial charge in [0.1, 0.15) is 11.8 Å². The van der Waals surface area contributed by atoms with Crippen LogP contribution >= 0.6 is 39.1 Å². The molecular formula is C30H33BrCl2N2O3. The van der Waals surface area contributed by atoms with Gasteiger partial charge in [-0.2, -0.15) is 0 Å². The number of ether oxygens (including phenoxy) is 1. The average Bonchev–Trinajstić information content (AvgIpc) is 2.87. The molecule has 0 bridgehead atoms. The number of carbonyl (C=O) groups is 2. The summed E-state index contributed by atoms with van der Waals surface area (Å²) in [6.07, 6.45) is 0.351. The summed E-state index contributed by atoms with van der Waals surface area (Å²) in [7, 11) is 0. The first-order valence-electron chi connectivity index (χ1n) is 12.5. The third kappa shape index (κ3) is 8.23. The van der Waals surface area contributed by atoms with E-state index in [9.17, 15) is 9.59 Å². The van der Waals surface area contributed by atoms with E-state index in [0.29, 0.717) is 28.8 Å². The Balaban J connectivity index is 1.91. The van der Waals surface area contributed by atoms with E-state index in [-0.39, 0.29) is 30.4 Å². The first-order chi connectivity index (χ1) is 18.0. The van der Waals surface area contributed by atoms with E-state index in [4.69, 9.17) is 27.9 Å². The van der Waals surface area contributed by atoms with Crippen LogP contribution in [0.1, 0.15) is 44.4 Å². The minimum Gasteiger partial charge on any atom is -0.483 e. The molecule has 8 heteroatoms. The number of nitrogens with zero attached hydrogens (tertiary/aromatic N) is 1. The quantitative estimate of drug-likeness (QED) is 0.261. The summed E-state index contributed by atoms with van der Waals surface area (Å²) in [6.45, 7) is 8.63. The number of hydrogen-bond acceptors (Lipinski definition) is 3. The van der Waals surface area contributed by atoms with E-state index >= 15 is 0 Å². The van der Waals surface area contributed by atoms with Gasteiger partial charge in [-0.05, 0) is 69.2 Å². The molecule has 3 rings (SSSR count). The smallest absolute Gasteiger partial charge is 0.261 e. The number of hydrogen-bond donors (Lipinski definition) is 1. The fourth-order valence-corrected chi connectivity index (χ4v) is 4.80. The van der Waals surface area contributed by atoms with Crippen molar-refractivity contribution in [2.24, 2.45) is 0 Å². The standard InChI is InChI=1S/C30H33BrCl2N2O3/c1-5-34-29(37)26(16-20-9-7-6-8-10-20)35(18-21-11-13-24(32)25(33)15-21)28(36)19-38-27-14-12-22(17-23(27)31)30(2,3)4/h6-15,17,26H,5,16,18-19H2,1-4H3,(H,34,37)/t26-/m1/s1. The predicted octanol–water partition coefficient (Wildman–Crippen LogP) is 7.21. The summed E-state index contributed by atoms with van der Waals surface area (Å²) < 4.78 is 6.71. The lowest BCUT2D eigenvalue weighted by atomic mass is 9.87. The monoisotopic (exact) mass is 618 g/mol. The van der Waals surface area contributed by atoms with Crippen LogP contribution in [0.5, 0.6) is 5.75 Å². The molecule has 202 valence electrons. The number of halogens is 3. The normalized spacial score (nSPS) is 12.1. The van der Waals surface area contributed by atoms with Crippen LogP contribution in [0.3, 0.4) is 0 Å². The van der Waals surface area contributed by atoms with Crippen molar-refractivity contribution < 1.29 is 14.3 Å². The van der Waals surface area contributed by atoms with Gasteiger partial charge in [0.25, 0.3) is 5.91 Å². The van der Waals surface area contributed by atoms with E-state index in [2.05, 4.69) is 42.0 Å². The molecule has 0 aliphatic rings. The molecule has 0 unspecified atom stereocenters.